The number of primary amides is 1. The Hall–Kier alpha value is -1.42. The molecule has 1 aliphatic heterocycles. The van der Waals surface area contributed by atoms with Gasteiger partial charge in [0.25, 0.3) is 0 Å². The maximum absolute atomic E-state index is 12.8. The van der Waals surface area contributed by atoms with Crippen molar-refractivity contribution in [3.8, 4) is 0 Å². The molecule has 3 nitrogen and oxygen atoms in total. The smallest absolute Gasteiger partial charge is 0.222 e. The van der Waals surface area contributed by atoms with Gasteiger partial charge in [-0.25, -0.2) is 4.39 Å². The summed E-state index contributed by atoms with van der Waals surface area (Å²) in [6.45, 7) is 0.912. The summed E-state index contributed by atoms with van der Waals surface area (Å²) in [5.41, 5.74) is 6.42. The van der Waals surface area contributed by atoms with Gasteiger partial charge in [-0.3, -0.25) is 4.79 Å². The number of nitrogens with two attached hydrogens (primary N) is 1. The Labute approximate surface area is 100 Å². The summed E-state index contributed by atoms with van der Waals surface area (Å²) in [6, 6.07) is 6.47. The van der Waals surface area contributed by atoms with Gasteiger partial charge in [-0.15, -0.1) is 0 Å². The zero-order valence-corrected chi connectivity index (χ0v) is 9.66. The van der Waals surface area contributed by atoms with Gasteiger partial charge < -0.3 is 11.1 Å². The highest BCUT2D eigenvalue weighted by molar-refractivity contribution is 5.77. The molecule has 0 spiro atoms. The predicted molar refractivity (Wildman–Crippen MR) is 63.8 cm³/mol. The molecule has 1 heterocycles. The zero-order valence-electron chi connectivity index (χ0n) is 9.66. The third-order valence-electron chi connectivity index (χ3n) is 3.32. The summed E-state index contributed by atoms with van der Waals surface area (Å²) < 4.78 is 12.8. The van der Waals surface area contributed by atoms with E-state index in [1.165, 1.54) is 12.1 Å². The second-order valence-corrected chi connectivity index (χ2v) is 4.54. The van der Waals surface area contributed by atoms with E-state index in [2.05, 4.69) is 5.32 Å². The van der Waals surface area contributed by atoms with Crippen molar-refractivity contribution in [2.24, 2.45) is 11.7 Å². The van der Waals surface area contributed by atoms with E-state index in [4.69, 9.17) is 5.73 Å². The number of benzene rings is 1. The van der Waals surface area contributed by atoms with Crippen molar-refractivity contribution in [3.63, 3.8) is 0 Å². The lowest BCUT2D eigenvalue weighted by Crippen LogP contribution is -2.48. The molecule has 1 amide bonds. The Morgan fingerprint density at radius 2 is 2.12 bits per heavy atom. The first-order chi connectivity index (χ1) is 8.16. The van der Waals surface area contributed by atoms with Crippen molar-refractivity contribution >= 4 is 5.91 Å². The molecule has 1 aromatic rings. The first kappa shape index (κ1) is 12.0. The van der Waals surface area contributed by atoms with E-state index in [1.807, 2.05) is 0 Å². The second kappa shape index (κ2) is 5.27. The number of piperidine rings is 1. The van der Waals surface area contributed by atoms with Crippen molar-refractivity contribution in [2.45, 2.75) is 25.3 Å². The summed E-state index contributed by atoms with van der Waals surface area (Å²) in [4.78, 5) is 11.3. The number of amides is 1. The van der Waals surface area contributed by atoms with Crippen LogP contribution in [-0.2, 0) is 11.2 Å². The fourth-order valence-corrected chi connectivity index (χ4v) is 2.38. The van der Waals surface area contributed by atoms with Gasteiger partial charge in [-0.05, 0) is 43.5 Å². The third kappa shape index (κ3) is 3.03. The summed E-state index contributed by atoms with van der Waals surface area (Å²) in [7, 11) is 0. The molecule has 2 unspecified atom stereocenters. The minimum Gasteiger partial charge on any atom is -0.369 e. The summed E-state index contributed by atoms with van der Waals surface area (Å²) in [5, 5.41) is 3.32. The topological polar surface area (TPSA) is 55.1 Å². The third-order valence-corrected chi connectivity index (χ3v) is 3.32. The van der Waals surface area contributed by atoms with Crippen LogP contribution in [-0.4, -0.2) is 18.5 Å². The van der Waals surface area contributed by atoms with Crippen LogP contribution >= 0.6 is 0 Å². The largest absolute Gasteiger partial charge is 0.369 e. The van der Waals surface area contributed by atoms with Crippen LogP contribution in [0.3, 0.4) is 0 Å². The van der Waals surface area contributed by atoms with Crippen molar-refractivity contribution in [2.75, 3.05) is 6.54 Å². The first-order valence-corrected chi connectivity index (χ1v) is 5.94. The number of nitrogens with one attached hydrogen (secondary N) is 1. The number of rotatable bonds is 3. The lowest BCUT2D eigenvalue weighted by atomic mass is 9.86. The maximum Gasteiger partial charge on any atom is 0.222 e. The number of carbonyl (C=O) groups is 1. The number of hydrogen-bond acceptors (Lipinski definition) is 2. The van der Waals surface area contributed by atoms with Crippen LogP contribution < -0.4 is 11.1 Å². The molecule has 0 aliphatic carbocycles. The first-order valence-electron chi connectivity index (χ1n) is 5.94. The minimum absolute atomic E-state index is 0.0757. The van der Waals surface area contributed by atoms with E-state index >= 15 is 0 Å². The molecule has 1 aromatic carbocycles. The van der Waals surface area contributed by atoms with E-state index in [0.29, 0.717) is 6.42 Å². The fourth-order valence-electron chi connectivity index (χ4n) is 2.38. The van der Waals surface area contributed by atoms with Crippen molar-refractivity contribution < 1.29 is 9.18 Å². The van der Waals surface area contributed by atoms with Crippen LogP contribution in [0, 0.1) is 11.7 Å². The van der Waals surface area contributed by atoms with Crippen LogP contribution in [0.15, 0.2) is 24.3 Å². The van der Waals surface area contributed by atoms with Gasteiger partial charge in [-0.1, -0.05) is 12.1 Å². The Kier molecular flexibility index (Phi) is 3.74. The van der Waals surface area contributed by atoms with E-state index in [0.717, 1.165) is 24.9 Å². The molecule has 17 heavy (non-hydrogen) atoms. The van der Waals surface area contributed by atoms with Crippen molar-refractivity contribution in [1.82, 2.24) is 5.32 Å². The van der Waals surface area contributed by atoms with Crippen LogP contribution in [0.4, 0.5) is 4.39 Å². The lowest BCUT2D eigenvalue weighted by molar-refractivity contribution is -0.123. The quantitative estimate of drug-likeness (QED) is 0.829. The molecule has 0 aromatic heterocycles. The maximum atomic E-state index is 12.8. The van der Waals surface area contributed by atoms with E-state index in [9.17, 15) is 9.18 Å². The van der Waals surface area contributed by atoms with E-state index < -0.39 is 0 Å². The highest BCUT2D eigenvalue weighted by Crippen LogP contribution is 2.19. The molecule has 0 saturated carbocycles. The van der Waals surface area contributed by atoms with Crippen LogP contribution in [0.5, 0.6) is 0 Å². The SMILES string of the molecule is NC(=O)C1CCCNC1Cc1ccc(F)cc1. The zero-order chi connectivity index (χ0) is 12.3. The summed E-state index contributed by atoms with van der Waals surface area (Å²) in [5.74, 6) is -0.602. The molecule has 4 heteroatoms. The molecule has 1 saturated heterocycles. The van der Waals surface area contributed by atoms with Gasteiger partial charge in [0.05, 0.1) is 5.92 Å². The average Bonchev–Trinajstić information content (AvgIpc) is 2.32. The molecule has 0 radical (unpaired) electrons. The Bertz CT molecular complexity index is 391. The summed E-state index contributed by atoms with van der Waals surface area (Å²) in [6.07, 6.45) is 2.54. The Morgan fingerprint density at radius 1 is 1.41 bits per heavy atom. The fraction of sp³-hybridized carbons (Fsp3) is 0.462. The number of halogens is 1. The molecule has 1 fully saturated rings. The van der Waals surface area contributed by atoms with Gasteiger partial charge in [0.15, 0.2) is 0 Å². The molecule has 2 rings (SSSR count). The molecule has 1 aliphatic rings. The number of carbonyl (C=O) groups excluding carboxylic acids is 1. The van der Waals surface area contributed by atoms with Gasteiger partial charge in [-0.2, -0.15) is 0 Å². The van der Waals surface area contributed by atoms with E-state index in [-0.39, 0.29) is 23.7 Å². The molecule has 3 N–H and O–H groups in total. The lowest BCUT2D eigenvalue weighted by Gasteiger charge is -2.30. The predicted octanol–water partition coefficient (Wildman–Crippen LogP) is 1.22. The number of hydrogen-bond donors (Lipinski definition) is 2. The molecule has 92 valence electrons. The molecular weight excluding hydrogens is 219 g/mol. The standard InChI is InChI=1S/C13H17FN2O/c14-10-5-3-9(4-6-10)8-12-11(13(15)17)2-1-7-16-12/h3-6,11-12,16H,1-2,7-8H2,(H2,15,17). The van der Waals surface area contributed by atoms with Gasteiger partial charge >= 0.3 is 0 Å². The van der Waals surface area contributed by atoms with E-state index in [1.54, 1.807) is 12.1 Å². The van der Waals surface area contributed by atoms with Gasteiger partial charge in [0.1, 0.15) is 5.82 Å². The molecule has 0 bridgehead atoms. The Morgan fingerprint density at radius 3 is 2.76 bits per heavy atom. The van der Waals surface area contributed by atoms with Gasteiger partial charge in [0, 0.05) is 6.04 Å². The normalized spacial score (nSPS) is 24.5. The van der Waals surface area contributed by atoms with Crippen LogP contribution in [0.2, 0.25) is 0 Å². The van der Waals surface area contributed by atoms with Crippen LogP contribution in [0.25, 0.3) is 0 Å². The summed E-state index contributed by atoms with van der Waals surface area (Å²) >= 11 is 0. The highest BCUT2D eigenvalue weighted by Gasteiger charge is 2.28. The minimum atomic E-state index is -0.246. The Balaban J connectivity index is 2.05. The van der Waals surface area contributed by atoms with Crippen molar-refractivity contribution in [1.29, 1.82) is 0 Å². The molecular formula is C13H17FN2O. The molecule has 2 atom stereocenters. The van der Waals surface area contributed by atoms with Crippen LogP contribution in [0.1, 0.15) is 18.4 Å². The highest BCUT2D eigenvalue weighted by atomic mass is 19.1. The second-order valence-electron chi connectivity index (χ2n) is 4.54. The van der Waals surface area contributed by atoms with Gasteiger partial charge in [0.2, 0.25) is 5.91 Å². The average molecular weight is 236 g/mol. The van der Waals surface area contributed by atoms with Crippen molar-refractivity contribution in [3.05, 3.63) is 35.6 Å². The monoisotopic (exact) mass is 236 g/mol.